The Morgan fingerprint density at radius 3 is 2.94 bits per heavy atom. The van der Waals surface area contributed by atoms with E-state index in [2.05, 4.69) is 10.1 Å². The van der Waals surface area contributed by atoms with Gasteiger partial charge in [-0.05, 0) is 25.8 Å². The number of thiophene rings is 1. The van der Waals surface area contributed by atoms with Crippen LogP contribution in [0.25, 0.3) is 0 Å². The van der Waals surface area contributed by atoms with Crippen LogP contribution in [0.1, 0.15) is 28.1 Å². The summed E-state index contributed by atoms with van der Waals surface area (Å²) in [5, 5.41) is 3.27. The Labute approximate surface area is 109 Å². The van der Waals surface area contributed by atoms with Crippen molar-refractivity contribution in [1.29, 1.82) is 0 Å². The van der Waals surface area contributed by atoms with Crippen molar-refractivity contribution in [3.63, 3.8) is 0 Å². The first-order valence-electron chi connectivity index (χ1n) is 5.73. The lowest BCUT2D eigenvalue weighted by molar-refractivity contribution is -0.124. The molecule has 1 aliphatic heterocycles. The van der Waals surface area contributed by atoms with Gasteiger partial charge in [0.2, 0.25) is 0 Å². The molecule has 1 fully saturated rings. The van der Waals surface area contributed by atoms with Crippen molar-refractivity contribution in [2.45, 2.75) is 25.9 Å². The highest BCUT2D eigenvalue weighted by atomic mass is 32.1. The monoisotopic (exact) mass is 269 g/mol. The zero-order valence-electron chi connectivity index (χ0n) is 10.3. The van der Waals surface area contributed by atoms with E-state index in [4.69, 9.17) is 4.74 Å². The quantitative estimate of drug-likeness (QED) is 0.852. The fourth-order valence-electron chi connectivity index (χ4n) is 1.85. The Bertz CT molecular complexity index is 463. The molecule has 1 aromatic heterocycles. The predicted octanol–water partition coefficient (Wildman–Crippen LogP) is 1.96. The van der Waals surface area contributed by atoms with Crippen molar-refractivity contribution < 1.29 is 19.1 Å². The number of anilines is 1. The maximum absolute atomic E-state index is 11.9. The number of methoxy groups -OCH3 is 1. The normalized spacial score (nSPS) is 18.7. The summed E-state index contributed by atoms with van der Waals surface area (Å²) in [6, 6.07) is 1.71. The molecule has 1 amide bonds. The third-order valence-corrected chi connectivity index (χ3v) is 3.69. The van der Waals surface area contributed by atoms with Crippen LogP contribution in [0.4, 0.5) is 5.00 Å². The molecule has 1 atom stereocenters. The van der Waals surface area contributed by atoms with E-state index in [0.29, 0.717) is 17.2 Å². The van der Waals surface area contributed by atoms with E-state index < -0.39 is 12.1 Å². The first-order valence-corrected chi connectivity index (χ1v) is 6.54. The molecule has 1 aromatic rings. The molecule has 0 spiro atoms. The maximum atomic E-state index is 11.9. The first-order chi connectivity index (χ1) is 8.61. The number of carbonyl (C=O) groups excluding carboxylic acids is 2. The summed E-state index contributed by atoms with van der Waals surface area (Å²) in [4.78, 5) is 24.4. The van der Waals surface area contributed by atoms with Gasteiger partial charge in [-0.1, -0.05) is 0 Å². The van der Waals surface area contributed by atoms with Gasteiger partial charge in [0, 0.05) is 11.5 Å². The van der Waals surface area contributed by atoms with Crippen LogP contribution in [0.2, 0.25) is 0 Å². The van der Waals surface area contributed by atoms with Crippen LogP contribution in [0.15, 0.2) is 6.07 Å². The molecular weight excluding hydrogens is 254 g/mol. The van der Waals surface area contributed by atoms with Gasteiger partial charge in [-0.2, -0.15) is 0 Å². The van der Waals surface area contributed by atoms with Crippen molar-refractivity contribution in [3.8, 4) is 0 Å². The first kappa shape index (κ1) is 13.0. The molecule has 6 heteroatoms. The van der Waals surface area contributed by atoms with E-state index >= 15 is 0 Å². The number of hydrogen-bond acceptors (Lipinski definition) is 5. The van der Waals surface area contributed by atoms with E-state index in [1.165, 1.54) is 18.4 Å². The van der Waals surface area contributed by atoms with Gasteiger partial charge >= 0.3 is 5.97 Å². The molecule has 0 radical (unpaired) electrons. The summed E-state index contributed by atoms with van der Waals surface area (Å²) >= 11 is 1.36. The molecule has 5 nitrogen and oxygen atoms in total. The van der Waals surface area contributed by atoms with Crippen molar-refractivity contribution in [2.75, 3.05) is 19.0 Å². The van der Waals surface area contributed by atoms with Crippen LogP contribution in [0.5, 0.6) is 0 Å². The van der Waals surface area contributed by atoms with Gasteiger partial charge in [0.15, 0.2) is 0 Å². The molecule has 98 valence electrons. The van der Waals surface area contributed by atoms with Crippen LogP contribution >= 0.6 is 11.3 Å². The Kier molecular flexibility index (Phi) is 3.98. The van der Waals surface area contributed by atoms with Crippen molar-refractivity contribution in [3.05, 3.63) is 16.5 Å². The average molecular weight is 269 g/mol. The summed E-state index contributed by atoms with van der Waals surface area (Å²) in [7, 11) is 1.32. The zero-order valence-corrected chi connectivity index (χ0v) is 11.1. The van der Waals surface area contributed by atoms with Crippen molar-refractivity contribution >= 4 is 28.2 Å². The van der Waals surface area contributed by atoms with Gasteiger partial charge in [-0.15, -0.1) is 11.3 Å². The average Bonchev–Trinajstić information content (AvgIpc) is 2.97. The smallest absolute Gasteiger partial charge is 0.340 e. The molecule has 0 saturated carbocycles. The summed E-state index contributed by atoms with van der Waals surface area (Å²) in [6.45, 7) is 2.49. The van der Waals surface area contributed by atoms with Gasteiger partial charge in [-0.3, -0.25) is 4.79 Å². The van der Waals surface area contributed by atoms with Gasteiger partial charge in [0.25, 0.3) is 5.91 Å². The second kappa shape index (κ2) is 5.49. The minimum atomic E-state index is -0.443. The maximum Gasteiger partial charge on any atom is 0.340 e. The van der Waals surface area contributed by atoms with E-state index in [1.54, 1.807) is 6.07 Å². The van der Waals surface area contributed by atoms with Gasteiger partial charge in [0.1, 0.15) is 11.1 Å². The second-order valence-corrected chi connectivity index (χ2v) is 5.34. The highest BCUT2D eigenvalue weighted by Crippen LogP contribution is 2.29. The molecular formula is C12H15NO4S. The number of rotatable bonds is 3. The van der Waals surface area contributed by atoms with E-state index in [0.717, 1.165) is 17.7 Å². The van der Waals surface area contributed by atoms with Gasteiger partial charge in [-0.25, -0.2) is 4.79 Å². The summed E-state index contributed by atoms with van der Waals surface area (Å²) < 4.78 is 9.98. The molecule has 0 aromatic carbocycles. The van der Waals surface area contributed by atoms with Gasteiger partial charge < -0.3 is 14.8 Å². The van der Waals surface area contributed by atoms with Crippen molar-refractivity contribution in [2.24, 2.45) is 0 Å². The van der Waals surface area contributed by atoms with Crippen LogP contribution in [-0.2, 0) is 14.3 Å². The largest absolute Gasteiger partial charge is 0.465 e. The second-order valence-electron chi connectivity index (χ2n) is 4.08. The zero-order chi connectivity index (χ0) is 13.1. The minimum Gasteiger partial charge on any atom is -0.465 e. The Hall–Kier alpha value is -1.40. The number of carbonyl (C=O) groups is 2. The van der Waals surface area contributed by atoms with Crippen molar-refractivity contribution in [1.82, 2.24) is 0 Å². The van der Waals surface area contributed by atoms with Crippen LogP contribution in [0.3, 0.4) is 0 Å². The molecule has 1 N–H and O–H groups in total. The number of esters is 1. The van der Waals surface area contributed by atoms with E-state index in [9.17, 15) is 9.59 Å². The minimum absolute atomic E-state index is 0.195. The molecule has 2 rings (SSSR count). The molecule has 2 heterocycles. The third kappa shape index (κ3) is 2.70. The van der Waals surface area contributed by atoms with Crippen LogP contribution < -0.4 is 5.32 Å². The summed E-state index contributed by atoms with van der Waals surface area (Å²) in [5.41, 5.74) is 0.395. The summed E-state index contributed by atoms with van der Waals surface area (Å²) in [6.07, 6.45) is 1.22. The highest BCUT2D eigenvalue weighted by Gasteiger charge is 2.25. The third-order valence-electron chi connectivity index (χ3n) is 2.72. The fourth-order valence-corrected chi connectivity index (χ4v) is 2.75. The summed E-state index contributed by atoms with van der Waals surface area (Å²) in [5.74, 6) is -0.638. The Morgan fingerprint density at radius 2 is 2.33 bits per heavy atom. The number of hydrogen-bond donors (Lipinski definition) is 1. The Balaban J connectivity index is 2.12. The van der Waals surface area contributed by atoms with E-state index in [1.807, 2.05) is 6.92 Å². The molecule has 0 aliphatic carbocycles. The SMILES string of the molecule is COC(=O)c1cc(C)sc1NC(=O)C1CCCO1. The predicted molar refractivity (Wildman–Crippen MR) is 68.0 cm³/mol. The number of ether oxygens (including phenoxy) is 2. The standard InChI is InChI=1S/C12H15NO4S/c1-7-6-8(12(15)16-2)11(18-7)13-10(14)9-4-3-5-17-9/h6,9H,3-5H2,1-2H3,(H,13,14). The molecule has 1 unspecified atom stereocenters. The topological polar surface area (TPSA) is 64.6 Å². The number of nitrogens with one attached hydrogen (secondary N) is 1. The number of aryl methyl sites for hydroxylation is 1. The number of amides is 1. The van der Waals surface area contributed by atoms with Crippen LogP contribution in [0, 0.1) is 6.92 Å². The van der Waals surface area contributed by atoms with Crippen LogP contribution in [-0.4, -0.2) is 31.7 Å². The van der Waals surface area contributed by atoms with Gasteiger partial charge in [0.05, 0.1) is 12.7 Å². The molecule has 18 heavy (non-hydrogen) atoms. The lowest BCUT2D eigenvalue weighted by atomic mass is 10.2. The lowest BCUT2D eigenvalue weighted by Crippen LogP contribution is -2.27. The van der Waals surface area contributed by atoms with E-state index in [-0.39, 0.29) is 5.91 Å². The molecule has 1 saturated heterocycles. The lowest BCUT2D eigenvalue weighted by Gasteiger charge is -2.09. The molecule has 1 aliphatic rings. The molecule has 0 bridgehead atoms. The highest BCUT2D eigenvalue weighted by molar-refractivity contribution is 7.16. The Morgan fingerprint density at radius 1 is 1.56 bits per heavy atom. The fraction of sp³-hybridized carbons (Fsp3) is 0.500.